The van der Waals surface area contributed by atoms with Crippen molar-refractivity contribution >= 4 is 0 Å². The van der Waals surface area contributed by atoms with Crippen LogP contribution in [0, 0.1) is 17.8 Å². The van der Waals surface area contributed by atoms with Crippen molar-refractivity contribution in [2.75, 3.05) is 0 Å². The third-order valence-corrected chi connectivity index (χ3v) is 4.25. The minimum atomic E-state index is -2.53. The molecule has 1 aromatic rings. The largest absolute Gasteiger partial charge is 0.384 e. The summed E-state index contributed by atoms with van der Waals surface area (Å²) in [5, 5.41) is 11.0. The molecule has 21 heavy (non-hydrogen) atoms. The van der Waals surface area contributed by atoms with Crippen molar-refractivity contribution in [3.05, 3.63) is 35.4 Å². The van der Waals surface area contributed by atoms with Gasteiger partial charge in [-0.2, -0.15) is 0 Å². The van der Waals surface area contributed by atoms with E-state index in [2.05, 4.69) is 13.8 Å². The van der Waals surface area contributed by atoms with E-state index in [4.69, 9.17) is 0 Å². The molecule has 0 radical (unpaired) electrons. The molecule has 2 unspecified atom stereocenters. The highest BCUT2D eigenvalue weighted by Gasteiger charge is 2.44. The number of halogens is 2. The quantitative estimate of drug-likeness (QED) is 0.749. The first-order valence-corrected chi connectivity index (χ1v) is 7.83. The summed E-state index contributed by atoms with van der Waals surface area (Å²) in [5.74, 6) is -0.773. The summed E-state index contributed by atoms with van der Waals surface area (Å²) in [6.07, 6.45) is -1.33. The summed E-state index contributed by atoms with van der Waals surface area (Å²) >= 11 is 0. The highest BCUT2D eigenvalue weighted by atomic mass is 19.3. The van der Waals surface area contributed by atoms with Gasteiger partial charge in [0.1, 0.15) is 5.60 Å². The summed E-state index contributed by atoms with van der Waals surface area (Å²) in [7, 11) is 0. The number of rotatable bonds is 7. The van der Waals surface area contributed by atoms with Gasteiger partial charge >= 0.3 is 0 Å². The Morgan fingerprint density at radius 3 is 1.90 bits per heavy atom. The standard InChI is InChI=1S/C18H28F2O/c1-6-16(17(19)20)18(21,13(4)5)15-9-7-14(8-10-15)11-12(2)3/h7-10,12-13,16-17,21H,6,11H2,1-5H3. The molecule has 120 valence electrons. The first-order chi connectivity index (χ1) is 9.73. The molecule has 0 aromatic heterocycles. The maximum absolute atomic E-state index is 13.3. The van der Waals surface area contributed by atoms with E-state index in [-0.39, 0.29) is 12.3 Å². The number of aliphatic hydroxyl groups is 1. The van der Waals surface area contributed by atoms with Crippen LogP contribution in [0.15, 0.2) is 24.3 Å². The van der Waals surface area contributed by atoms with Gasteiger partial charge in [-0.1, -0.05) is 58.9 Å². The lowest BCUT2D eigenvalue weighted by Crippen LogP contribution is -2.43. The predicted molar refractivity (Wildman–Crippen MR) is 83.5 cm³/mol. The van der Waals surface area contributed by atoms with Crippen molar-refractivity contribution in [1.82, 2.24) is 0 Å². The molecule has 0 saturated heterocycles. The Hall–Kier alpha value is -0.960. The Kier molecular flexibility index (Phi) is 6.33. The zero-order valence-electron chi connectivity index (χ0n) is 13.7. The third-order valence-electron chi connectivity index (χ3n) is 4.25. The van der Waals surface area contributed by atoms with Gasteiger partial charge in [-0.25, -0.2) is 8.78 Å². The Morgan fingerprint density at radius 2 is 1.57 bits per heavy atom. The normalized spacial score (nSPS) is 16.5. The van der Waals surface area contributed by atoms with Gasteiger partial charge in [0.25, 0.3) is 0 Å². The SMILES string of the molecule is CCC(C(F)F)C(O)(c1ccc(CC(C)C)cc1)C(C)C. The second-order valence-corrected chi connectivity index (χ2v) is 6.62. The van der Waals surface area contributed by atoms with Gasteiger partial charge in [0.2, 0.25) is 6.43 Å². The molecule has 1 nitrogen and oxygen atoms in total. The van der Waals surface area contributed by atoms with Crippen LogP contribution in [0.1, 0.15) is 52.2 Å². The van der Waals surface area contributed by atoms with E-state index < -0.39 is 17.9 Å². The van der Waals surface area contributed by atoms with Gasteiger partial charge in [-0.05, 0) is 35.8 Å². The van der Waals surface area contributed by atoms with Gasteiger partial charge in [0.05, 0.1) is 5.92 Å². The number of benzene rings is 1. The van der Waals surface area contributed by atoms with Crippen LogP contribution < -0.4 is 0 Å². The molecular weight excluding hydrogens is 270 g/mol. The molecule has 0 fully saturated rings. The van der Waals surface area contributed by atoms with Crippen molar-refractivity contribution in [2.24, 2.45) is 17.8 Å². The summed E-state index contributed by atoms with van der Waals surface area (Å²) in [6, 6.07) is 7.51. The molecule has 0 spiro atoms. The molecule has 1 rings (SSSR count). The van der Waals surface area contributed by atoms with Gasteiger partial charge in [-0.15, -0.1) is 0 Å². The van der Waals surface area contributed by atoms with E-state index in [0.717, 1.165) is 6.42 Å². The van der Waals surface area contributed by atoms with Crippen LogP contribution in [0.3, 0.4) is 0 Å². The van der Waals surface area contributed by atoms with E-state index in [0.29, 0.717) is 11.5 Å². The monoisotopic (exact) mass is 298 g/mol. The second-order valence-electron chi connectivity index (χ2n) is 6.62. The highest BCUT2D eigenvalue weighted by Crippen LogP contribution is 2.41. The van der Waals surface area contributed by atoms with Crippen LogP contribution in [0.5, 0.6) is 0 Å². The Labute approximate surface area is 127 Å². The molecule has 2 atom stereocenters. The Morgan fingerprint density at radius 1 is 1.05 bits per heavy atom. The topological polar surface area (TPSA) is 20.2 Å². The van der Waals surface area contributed by atoms with Crippen LogP contribution in [0.4, 0.5) is 8.78 Å². The minimum absolute atomic E-state index is 0.250. The van der Waals surface area contributed by atoms with E-state index >= 15 is 0 Å². The smallest absolute Gasteiger partial charge is 0.244 e. The van der Waals surface area contributed by atoms with Crippen molar-refractivity contribution < 1.29 is 13.9 Å². The molecule has 1 N–H and O–H groups in total. The molecule has 0 aliphatic rings. The van der Waals surface area contributed by atoms with Crippen LogP contribution >= 0.6 is 0 Å². The first-order valence-electron chi connectivity index (χ1n) is 7.83. The molecule has 0 aliphatic heterocycles. The fraction of sp³-hybridized carbons (Fsp3) is 0.667. The fourth-order valence-electron chi connectivity index (χ4n) is 3.04. The first kappa shape index (κ1) is 18.1. The fourth-order valence-corrected chi connectivity index (χ4v) is 3.04. The molecule has 1 aromatic carbocycles. The summed E-state index contributed by atoms with van der Waals surface area (Å²) < 4.78 is 26.7. The van der Waals surface area contributed by atoms with Crippen molar-refractivity contribution in [3.8, 4) is 0 Å². The number of alkyl halides is 2. The van der Waals surface area contributed by atoms with Crippen molar-refractivity contribution in [2.45, 2.75) is 59.5 Å². The molecule has 0 heterocycles. The van der Waals surface area contributed by atoms with E-state index in [1.165, 1.54) is 5.56 Å². The zero-order chi connectivity index (χ0) is 16.2. The third kappa shape index (κ3) is 4.03. The molecular formula is C18H28F2O. The molecule has 0 amide bonds. The molecule has 3 heteroatoms. The van der Waals surface area contributed by atoms with Crippen molar-refractivity contribution in [3.63, 3.8) is 0 Å². The maximum atomic E-state index is 13.3. The zero-order valence-corrected chi connectivity index (χ0v) is 13.7. The van der Waals surface area contributed by atoms with Gasteiger partial charge in [-0.3, -0.25) is 0 Å². The second kappa shape index (κ2) is 7.35. The van der Waals surface area contributed by atoms with Gasteiger partial charge < -0.3 is 5.11 Å². The number of hydrogen-bond donors (Lipinski definition) is 1. The van der Waals surface area contributed by atoms with Crippen LogP contribution in [0.25, 0.3) is 0 Å². The number of hydrogen-bond acceptors (Lipinski definition) is 1. The highest BCUT2D eigenvalue weighted by molar-refractivity contribution is 5.29. The lowest BCUT2D eigenvalue weighted by atomic mass is 9.72. The van der Waals surface area contributed by atoms with E-state index in [9.17, 15) is 13.9 Å². The maximum Gasteiger partial charge on any atom is 0.244 e. The van der Waals surface area contributed by atoms with E-state index in [1.54, 1.807) is 20.8 Å². The molecule has 0 bridgehead atoms. The van der Waals surface area contributed by atoms with Crippen LogP contribution in [0.2, 0.25) is 0 Å². The molecule has 0 aliphatic carbocycles. The lowest BCUT2D eigenvalue weighted by molar-refractivity contribution is -0.121. The summed E-state index contributed by atoms with van der Waals surface area (Å²) in [6.45, 7) is 9.59. The Balaban J connectivity index is 3.16. The average Bonchev–Trinajstić information content (AvgIpc) is 2.38. The van der Waals surface area contributed by atoms with Crippen LogP contribution in [-0.4, -0.2) is 11.5 Å². The summed E-state index contributed by atoms with van der Waals surface area (Å²) in [5.41, 5.74) is 0.279. The van der Waals surface area contributed by atoms with Gasteiger partial charge in [0.15, 0.2) is 0 Å². The lowest BCUT2D eigenvalue weighted by Gasteiger charge is -2.39. The van der Waals surface area contributed by atoms with Crippen molar-refractivity contribution in [1.29, 1.82) is 0 Å². The van der Waals surface area contributed by atoms with E-state index in [1.807, 2.05) is 24.3 Å². The minimum Gasteiger partial charge on any atom is -0.384 e. The Bertz CT molecular complexity index is 425. The van der Waals surface area contributed by atoms with Crippen LogP contribution in [-0.2, 0) is 12.0 Å². The summed E-state index contributed by atoms with van der Waals surface area (Å²) in [4.78, 5) is 0. The predicted octanol–water partition coefficient (Wildman–Crippen LogP) is 5.02. The molecule has 0 saturated carbocycles. The van der Waals surface area contributed by atoms with Gasteiger partial charge in [0, 0.05) is 0 Å². The average molecular weight is 298 g/mol.